The van der Waals surface area contributed by atoms with Gasteiger partial charge in [-0.25, -0.2) is 0 Å². The van der Waals surface area contributed by atoms with Crippen LogP contribution in [0.4, 0.5) is 0 Å². The largest absolute Gasteiger partial charge is 0.496 e. The summed E-state index contributed by atoms with van der Waals surface area (Å²) in [7, 11) is 1.61. The van der Waals surface area contributed by atoms with E-state index in [1.807, 2.05) is 42.2 Å². The van der Waals surface area contributed by atoms with Gasteiger partial charge in [0.15, 0.2) is 0 Å². The van der Waals surface area contributed by atoms with E-state index in [4.69, 9.17) is 4.74 Å². The van der Waals surface area contributed by atoms with Gasteiger partial charge in [-0.1, -0.05) is 48.5 Å². The first-order valence-corrected chi connectivity index (χ1v) is 12.6. The first-order valence-electron chi connectivity index (χ1n) is 12.6. The zero-order valence-electron chi connectivity index (χ0n) is 21.1. The number of pyridine rings is 1. The van der Waals surface area contributed by atoms with E-state index < -0.39 is 5.97 Å². The van der Waals surface area contributed by atoms with Crippen LogP contribution in [0.2, 0.25) is 0 Å². The fourth-order valence-corrected chi connectivity index (χ4v) is 4.87. The lowest BCUT2D eigenvalue weighted by Gasteiger charge is -2.25. The van der Waals surface area contributed by atoms with Crippen molar-refractivity contribution in [1.29, 1.82) is 0 Å². The molecule has 0 saturated heterocycles. The maximum absolute atomic E-state index is 12.9. The smallest absolute Gasteiger partial charge is 0.307 e. The quantitative estimate of drug-likeness (QED) is 0.310. The Bertz CT molecular complexity index is 1460. The second-order valence-corrected chi connectivity index (χ2v) is 9.47. The normalized spacial score (nSPS) is 12.9. The van der Waals surface area contributed by atoms with E-state index in [0.29, 0.717) is 24.4 Å². The van der Waals surface area contributed by atoms with Crippen molar-refractivity contribution in [3.8, 4) is 28.0 Å². The molecular weight excluding hydrogens is 464 g/mol. The van der Waals surface area contributed by atoms with E-state index in [-0.39, 0.29) is 18.2 Å². The Morgan fingerprint density at radius 2 is 1.73 bits per heavy atom. The second-order valence-electron chi connectivity index (χ2n) is 9.47. The number of rotatable bonds is 9. The van der Waals surface area contributed by atoms with E-state index in [2.05, 4.69) is 35.3 Å². The number of benzene rings is 3. The van der Waals surface area contributed by atoms with E-state index in [1.54, 1.807) is 19.4 Å². The molecular formula is C31H30N2O4. The van der Waals surface area contributed by atoms with E-state index in [0.717, 1.165) is 51.6 Å². The van der Waals surface area contributed by atoms with Crippen molar-refractivity contribution in [3.63, 3.8) is 0 Å². The van der Waals surface area contributed by atoms with Gasteiger partial charge >= 0.3 is 5.97 Å². The Hall–Kier alpha value is -4.19. The van der Waals surface area contributed by atoms with Gasteiger partial charge in [0, 0.05) is 36.2 Å². The van der Waals surface area contributed by atoms with Crippen LogP contribution < -0.4 is 4.74 Å². The van der Waals surface area contributed by atoms with Crippen molar-refractivity contribution < 1.29 is 19.4 Å². The summed E-state index contributed by atoms with van der Waals surface area (Å²) in [5, 5.41) is 10.7. The fourth-order valence-electron chi connectivity index (χ4n) is 4.87. The Kier molecular flexibility index (Phi) is 6.91. The zero-order valence-corrected chi connectivity index (χ0v) is 21.1. The average molecular weight is 495 g/mol. The zero-order chi connectivity index (χ0) is 25.9. The monoisotopic (exact) mass is 494 g/mol. The molecule has 3 aromatic carbocycles. The summed E-state index contributed by atoms with van der Waals surface area (Å²) < 4.78 is 5.74. The van der Waals surface area contributed by atoms with Crippen molar-refractivity contribution in [2.75, 3.05) is 13.7 Å². The number of carbonyl (C=O) groups excluding carboxylic acids is 1. The van der Waals surface area contributed by atoms with Gasteiger partial charge < -0.3 is 14.7 Å². The molecule has 0 bridgehead atoms. The van der Waals surface area contributed by atoms with Gasteiger partial charge in [-0.15, -0.1) is 0 Å². The summed E-state index contributed by atoms with van der Waals surface area (Å²) in [5.74, 6) is -0.0265. The molecule has 4 aromatic rings. The Morgan fingerprint density at radius 1 is 1.00 bits per heavy atom. The van der Waals surface area contributed by atoms with Crippen molar-refractivity contribution in [1.82, 2.24) is 9.88 Å². The van der Waals surface area contributed by atoms with Gasteiger partial charge in [0.25, 0.3) is 0 Å². The third-order valence-electron chi connectivity index (χ3n) is 7.02. The molecule has 0 aliphatic heterocycles. The third kappa shape index (κ3) is 5.19. The molecule has 1 fully saturated rings. The fraction of sp³-hybridized carbons (Fsp3) is 0.258. The van der Waals surface area contributed by atoms with Crippen LogP contribution in [0.15, 0.2) is 72.9 Å². The number of hydrogen-bond donors (Lipinski definition) is 1. The van der Waals surface area contributed by atoms with Crippen LogP contribution in [0.5, 0.6) is 5.75 Å². The highest BCUT2D eigenvalue weighted by Crippen LogP contribution is 2.39. The topological polar surface area (TPSA) is 79.7 Å². The number of aromatic nitrogens is 1. The van der Waals surface area contributed by atoms with Crippen LogP contribution in [-0.4, -0.2) is 40.5 Å². The predicted molar refractivity (Wildman–Crippen MR) is 144 cm³/mol. The van der Waals surface area contributed by atoms with Crippen molar-refractivity contribution >= 4 is 22.8 Å². The minimum atomic E-state index is -0.908. The number of hydrogen-bond acceptors (Lipinski definition) is 4. The minimum Gasteiger partial charge on any atom is -0.496 e. The summed E-state index contributed by atoms with van der Waals surface area (Å²) in [5.41, 5.74) is 6.31. The van der Waals surface area contributed by atoms with Gasteiger partial charge in [0.1, 0.15) is 5.75 Å². The van der Waals surface area contributed by atoms with Gasteiger partial charge in [-0.3, -0.25) is 14.6 Å². The first-order chi connectivity index (χ1) is 18.0. The molecule has 1 aliphatic carbocycles. The SMILES string of the molecule is CCN(Cc1c(CC(=O)O)ccc(OC)c1-c1ccc(-c2ccc3cccnc3c2)cc1)C(=O)C1CC1. The molecule has 188 valence electrons. The number of amides is 1. The lowest BCUT2D eigenvalue weighted by molar-refractivity contribution is -0.136. The number of carbonyl (C=O) groups is 2. The number of carboxylic acids is 1. The highest BCUT2D eigenvalue weighted by molar-refractivity contribution is 5.86. The number of methoxy groups -OCH3 is 1. The summed E-state index contributed by atoms with van der Waals surface area (Å²) in [4.78, 5) is 31.0. The molecule has 1 heterocycles. The molecule has 1 amide bonds. The van der Waals surface area contributed by atoms with Crippen LogP contribution in [0.1, 0.15) is 30.9 Å². The van der Waals surface area contributed by atoms with Crippen molar-refractivity contribution in [2.45, 2.75) is 32.7 Å². The first kappa shape index (κ1) is 24.5. The van der Waals surface area contributed by atoms with Crippen LogP contribution >= 0.6 is 0 Å². The Balaban J connectivity index is 1.57. The maximum Gasteiger partial charge on any atom is 0.307 e. The molecule has 1 saturated carbocycles. The van der Waals surface area contributed by atoms with Crippen molar-refractivity contribution in [3.05, 3.63) is 84.1 Å². The van der Waals surface area contributed by atoms with Gasteiger partial charge in [0.05, 0.1) is 19.0 Å². The highest BCUT2D eigenvalue weighted by Gasteiger charge is 2.33. The number of fused-ring (bicyclic) bond motifs is 1. The Labute approximate surface area is 216 Å². The molecule has 1 N–H and O–H groups in total. The number of carboxylic acid groups (broad SMARTS) is 1. The lowest BCUT2D eigenvalue weighted by atomic mass is 9.91. The number of nitrogens with zero attached hydrogens (tertiary/aromatic N) is 2. The van der Waals surface area contributed by atoms with E-state index in [1.165, 1.54) is 0 Å². The Morgan fingerprint density at radius 3 is 2.41 bits per heavy atom. The molecule has 0 spiro atoms. The summed E-state index contributed by atoms with van der Waals surface area (Å²) in [6.07, 6.45) is 3.52. The van der Waals surface area contributed by atoms with Gasteiger partial charge in [-0.05, 0) is 65.8 Å². The molecule has 6 nitrogen and oxygen atoms in total. The molecule has 0 unspecified atom stereocenters. The predicted octanol–water partition coefficient (Wildman–Crippen LogP) is 5.96. The highest BCUT2D eigenvalue weighted by atomic mass is 16.5. The summed E-state index contributed by atoms with van der Waals surface area (Å²) in [6.45, 7) is 2.87. The van der Waals surface area contributed by atoms with Crippen LogP contribution in [0, 0.1) is 5.92 Å². The second kappa shape index (κ2) is 10.4. The van der Waals surface area contributed by atoms with Crippen molar-refractivity contribution in [2.24, 2.45) is 5.92 Å². The molecule has 1 aromatic heterocycles. The average Bonchev–Trinajstić information content (AvgIpc) is 3.77. The standard InChI is InChI=1S/C31H30N2O4/c1-3-33(31(36)23-11-12-23)19-26-25(18-29(34)35)14-15-28(37-2)30(26)22-9-6-20(7-10-22)24-13-8-21-5-4-16-32-27(21)17-24/h4-10,13-17,23H,3,11-12,18-19H2,1-2H3,(H,34,35). The van der Waals surface area contributed by atoms with Gasteiger partial charge in [-0.2, -0.15) is 0 Å². The molecule has 0 atom stereocenters. The molecule has 1 aliphatic rings. The van der Waals surface area contributed by atoms with E-state index in [9.17, 15) is 14.7 Å². The molecule has 37 heavy (non-hydrogen) atoms. The van der Waals surface area contributed by atoms with Crippen LogP contribution in [0.3, 0.4) is 0 Å². The summed E-state index contributed by atoms with van der Waals surface area (Å²) in [6, 6.07) is 22.0. The van der Waals surface area contributed by atoms with Crippen LogP contribution in [-0.2, 0) is 22.6 Å². The lowest BCUT2D eigenvalue weighted by Crippen LogP contribution is -2.32. The number of aliphatic carboxylic acids is 1. The minimum absolute atomic E-state index is 0.0904. The van der Waals surface area contributed by atoms with Crippen LogP contribution in [0.25, 0.3) is 33.2 Å². The maximum atomic E-state index is 12.9. The number of ether oxygens (including phenoxy) is 1. The summed E-state index contributed by atoms with van der Waals surface area (Å²) >= 11 is 0. The molecule has 0 radical (unpaired) electrons. The van der Waals surface area contributed by atoms with Gasteiger partial charge in [0.2, 0.25) is 5.91 Å². The molecule has 5 rings (SSSR count). The molecule has 6 heteroatoms. The third-order valence-corrected chi connectivity index (χ3v) is 7.02. The van der Waals surface area contributed by atoms with E-state index >= 15 is 0 Å².